The number of amides is 1. The zero-order valence-corrected chi connectivity index (χ0v) is 16.8. The van der Waals surface area contributed by atoms with E-state index in [0.717, 1.165) is 37.3 Å². The lowest BCUT2D eigenvalue weighted by Crippen LogP contribution is -2.32. The van der Waals surface area contributed by atoms with E-state index in [1.807, 2.05) is 42.2 Å². The Kier molecular flexibility index (Phi) is 7.25. The molecule has 1 aromatic heterocycles. The van der Waals surface area contributed by atoms with E-state index in [-0.39, 0.29) is 11.7 Å². The Bertz CT molecular complexity index is 689. The van der Waals surface area contributed by atoms with Crippen molar-refractivity contribution >= 4 is 27.2 Å². The van der Waals surface area contributed by atoms with E-state index in [9.17, 15) is 13.2 Å². The SMILES string of the molecule is CN(C)c1ccc(NC2CCCN(C(=O)CCCS(C)(=O)=O)CC2)cn1. The standard InChI is InChI=1S/C18H30N4O3S/c1-21(2)17-9-8-16(14-19-17)20-15-6-4-11-22(12-10-15)18(23)7-5-13-26(3,24)25/h8-9,14-15,20H,4-7,10-13H2,1-3H3. The number of anilines is 2. The Labute approximate surface area is 156 Å². The van der Waals surface area contributed by atoms with E-state index in [0.29, 0.717) is 25.4 Å². The first-order valence-corrected chi connectivity index (χ1v) is 11.2. The monoisotopic (exact) mass is 382 g/mol. The van der Waals surface area contributed by atoms with Crippen LogP contribution in [0.15, 0.2) is 18.3 Å². The molecular formula is C18H30N4O3S. The van der Waals surface area contributed by atoms with E-state index >= 15 is 0 Å². The topological polar surface area (TPSA) is 82.6 Å². The van der Waals surface area contributed by atoms with Gasteiger partial charge < -0.3 is 15.1 Å². The van der Waals surface area contributed by atoms with Gasteiger partial charge in [0.1, 0.15) is 15.7 Å². The summed E-state index contributed by atoms with van der Waals surface area (Å²) >= 11 is 0. The third kappa shape index (κ3) is 6.82. The van der Waals surface area contributed by atoms with Crippen molar-refractivity contribution in [3.8, 4) is 0 Å². The molecule has 0 saturated carbocycles. The highest BCUT2D eigenvalue weighted by molar-refractivity contribution is 7.90. The smallest absolute Gasteiger partial charge is 0.222 e. The number of hydrogen-bond donors (Lipinski definition) is 1. The molecule has 146 valence electrons. The van der Waals surface area contributed by atoms with Crippen molar-refractivity contribution in [2.24, 2.45) is 0 Å². The zero-order chi connectivity index (χ0) is 19.2. The number of aromatic nitrogens is 1. The van der Waals surface area contributed by atoms with Crippen LogP contribution in [0.4, 0.5) is 11.5 Å². The second kappa shape index (κ2) is 9.21. The molecule has 7 nitrogen and oxygen atoms in total. The fraction of sp³-hybridized carbons (Fsp3) is 0.667. The summed E-state index contributed by atoms with van der Waals surface area (Å²) in [5.41, 5.74) is 0.994. The number of nitrogens with one attached hydrogen (secondary N) is 1. The minimum atomic E-state index is -3.00. The Balaban J connectivity index is 1.80. The molecule has 0 aromatic carbocycles. The average molecular weight is 383 g/mol. The second-order valence-corrected chi connectivity index (χ2v) is 9.45. The van der Waals surface area contributed by atoms with Gasteiger partial charge in [-0.3, -0.25) is 4.79 Å². The van der Waals surface area contributed by atoms with Crippen LogP contribution in [0, 0.1) is 0 Å². The Hall–Kier alpha value is -1.83. The van der Waals surface area contributed by atoms with Gasteiger partial charge in [-0.1, -0.05) is 0 Å². The maximum absolute atomic E-state index is 12.3. The predicted molar refractivity (Wildman–Crippen MR) is 105 cm³/mol. The Morgan fingerprint density at radius 2 is 2.08 bits per heavy atom. The van der Waals surface area contributed by atoms with Gasteiger partial charge in [0.05, 0.1) is 17.6 Å². The number of sulfone groups is 1. The van der Waals surface area contributed by atoms with E-state index in [4.69, 9.17) is 0 Å². The summed E-state index contributed by atoms with van der Waals surface area (Å²) in [5.74, 6) is 1.06. The van der Waals surface area contributed by atoms with Gasteiger partial charge in [0.25, 0.3) is 0 Å². The van der Waals surface area contributed by atoms with Crippen molar-refractivity contribution in [2.45, 2.75) is 38.1 Å². The summed E-state index contributed by atoms with van der Waals surface area (Å²) in [5, 5.41) is 3.51. The Morgan fingerprint density at radius 3 is 2.69 bits per heavy atom. The zero-order valence-electron chi connectivity index (χ0n) is 15.9. The fourth-order valence-corrected chi connectivity index (χ4v) is 3.77. The lowest BCUT2D eigenvalue weighted by molar-refractivity contribution is -0.131. The number of nitrogens with zero attached hydrogens (tertiary/aromatic N) is 3. The largest absolute Gasteiger partial charge is 0.381 e. The summed E-state index contributed by atoms with van der Waals surface area (Å²) in [6.07, 6.45) is 6.59. The number of carbonyl (C=O) groups is 1. The molecule has 1 aliphatic heterocycles. The molecule has 1 N–H and O–H groups in total. The van der Waals surface area contributed by atoms with Crippen LogP contribution >= 0.6 is 0 Å². The minimum absolute atomic E-state index is 0.0614. The maximum atomic E-state index is 12.3. The van der Waals surface area contributed by atoms with Crippen molar-refractivity contribution in [2.75, 3.05) is 49.4 Å². The molecule has 1 saturated heterocycles. The van der Waals surface area contributed by atoms with E-state index in [2.05, 4.69) is 10.3 Å². The lowest BCUT2D eigenvalue weighted by Gasteiger charge is -2.21. The van der Waals surface area contributed by atoms with Crippen LogP contribution in [0.25, 0.3) is 0 Å². The van der Waals surface area contributed by atoms with Gasteiger partial charge in [-0.05, 0) is 37.8 Å². The normalized spacial score (nSPS) is 18.3. The van der Waals surface area contributed by atoms with Crippen LogP contribution in [0.1, 0.15) is 32.1 Å². The number of pyridine rings is 1. The quantitative estimate of drug-likeness (QED) is 0.774. The Morgan fingerprint density at radius 1 is 1.31 bits per heavy atom. The summed E-state index contributed by atoms with van der Waals surface area (Å²) in [6.45, 7) is 1.45. The summed E-state index contributed by atoms with van der Waals surface area (Å²) in [7, 11) is 0.922. The molecule has 26 heavy (non-hydrogen) atoms. The molecular weight excluding hydrogens is 352 g/mol. The first-order valence-electron chi connectivity index (χ1n) is 9.10. The highest BCUT2D eigenvalue weighted by atomic mass is 32.2. The van der Waals surface area contributed by atoms with Crippen molar-refractivity contribution < 1.29 is 13.2 Å². The molecule has 0 aliphatic carbocycles. The van der Waals surface area contributed by atoms with Crippen LogP contribution < -0.4 is 10.2 Å². The van der Waals surface area contributed by atoms with Gasteiger partial charge in [0, 0.05) is 45.9 Å². The summed E-state index contributed by atoms with van der Waals surface area (Å²) < 4.78 is 22.4. The van der Waals surface area contributed by atoms with Gasteiger partial charge >= 0.3 is 0 Å². The molecule has 1 fully saturated rings. The van der Waals surface area contributed by atoms with Crippen molar-refractivity contribution in [3.63, 3.8) is 0 Å². The van der Waals surface area contributed by atoms with Crippen molar-refractivity contribution in [3.05, 3.63) is 18.3 Å². The first kappa shape index (κ1) is 20.5. The number of likely N-dealkylation sites (tertiary alicyclic amines) is 1. The molecule has 0 radical (unpaired) electrons. The maximum Gasteiger partial charge on any atom is 0.222 e. The van der Waals surface area contributed by atoms with E-state index < -0.39 is 9.84 Å². The summed E-state index contributed by atoms with van der Waals surface area (Å²) in [4.78, 5) is 20.5. The fourth-order valence-electron chi connectivity index (χ4n) is 3.11. The van der Waals surface area contributed by atoms with Crippen LogP contribution in [0.5, 0.6) is 0 Å². The van der Waals surface area contributed by atoms with Crippen molar-refractivity contribution in [1.29, 1.82) is 0 Å². The number of hydrogen-bond acceptors (Lipinski definition) is 6. The lowest BCUT2D eigenvalue weighted by atomic mass is 10.1. The third-order valence-corrected chi connectivity index (χ3v) is 5.59. The molecule has 1 amide bonds. The van der Waals surface area contributed by atoms with Crippen LogP contribution in [0.3, 0.4) is 0 Å². The average Bonchev–Trinajstić information content (AvgIpc) is 2.80. The minimum Gasteiger partial charge on any atom is -0.381 e. The van der Waals surface area contributed by atoms with Gasteiger partial charge in [-0.2, -0.15) is 0 Å². The molecule has 1 unspecified atom stereocenters. The molecule has 2 heterocycles. The molecule has 0 bridgehead atoms. The highest BCUT2D eigenvalue weighted by Gasteiger charge is 2.20. The molecule has 0 spiro atoms. The van der Waals surface area contributed by atoms with E-state index in [1.165, 1.54) is 6.26 Å². The number of rotatable bonds is 7. The molecule has 1 atom stereocenters. The number of carbonyl (C=O) groups excluding carboxylic acids is 1. The molecule has 1 aromatic rings. The second-order valence-electron chi connectivity index (χ2n) is 7.19. The molecule has 2 rings (SSSR count). The van der Waals surface area contributed by atoms with Crippen LogP contribution in [0.2, 0.25) is 0 Å². The first-order chi connectivity index (χ1) is 12.2. The summed E-state index contributed by atoms with van der Waals surface area (Å²) in [6, 6.07) is 4.33. The third-order valence-electron chi connectivity index (χ3n) is 4.56. The van der Waals surface area contributed by atoms with E-state index in [1.54, 1.807) is 0 Å². The molecule has 1 aliphatic rings. The van der Waals surface area contributed by atoms with Gasteiger partial charge in [0.15, 0.2) is 0 Å². The van der Waals surface area contributed by atoms with Gasteiger partial charge in [0.2, 0.25) is 5.91 Å². The highest BCUT2D eigenvalue weighted by Crippen LogP contribution is 2.18. The predicted octanol–water partition coefficient (Wildman–Crippen LogP) is 1.77. The van der Waals surface area contributed by atoms with Crippen LogP contribution in [-0.4, -0.2) is 69.4 Å². The van der Waals surface area contributed by atoms with Crippen LogP contribution in [-0.2, 0) is 14.6 Å². The molecule has 8 heteroatoms. The van der Waals surface area contributed by atoms with Gasteiger partial charge in [-0.25, -0.2) is 13.4 Å². The van der Waals surface area contributed by atoms with Gasteiger partial charge in [-0.15, -0.1) is 0 Å². The van der Waals surface area contributed by atoms with Crippen molar-refractivity contribution in [1.82, 2.24) is 9.88 Å².